The highest BCUT2D eigenvalue weighted by atomic mass is 16.5. The molecule has 1 saturated carbocycles. The van der Waals surface area contributed by atoms with E-state index >= 15 is 0 Å². The summed E-state index contributed by atoms with van der Waals surface area (Å²) in [5, 5.41) is 0. The van der Waals surface area contributed by atoms with Gasteiger partial charge >= 0.3 is 5.97 Å². The molecule has 39 heavy (non-hydrogen) atoms. The van der Waals surface area contributed by atoms with Crippen molar-refractivity contribution in [1.29, 1.82) is 0 Å². The Morgan fingerprint density at radius 1 is 0.974 bits per heavy atom. The van der Waals surface area contributed by atoms with Gasteiger partial charge in [0, 0.05) is 12.5 Å². The lowest BCUT2D eigenvalue weighted by atomic mass is 9.86. The molecule has 5 rings (SSSR count). The predicted molar refractivity (Wildman–Crippen MR) is 157 cm³/mol. The highest BCUT2D eigenvalue weighted by Crippen LogP contribution is 2.64. The molecule has 1 fully saturated rings. The Hall–Kier alpha value is -3.11. The molecule has 0 saturated heterocycles. The van der Waals surface area contributed by atoms with Gasteiger partial charge in [-0.25, -0.2) is 0 Å². The maximum absolute atomic E-state index is 12.1. The number of ether oxygens (including phenoxy) is 3. The van der Waals surface area contributed by atoms with Crippen molar-refractivity contribution in [2.45, 2.75) is 72.1 Å². The van der Waals surface area contributed by atoms with Crippen LogP contribution in [0.15, 0.2) is 48.5 Å². The van der Waals surface area contributed by atoms with Crippen molar-refractivity contribution in [3.05, 3.63) is 87.5 Å². The number of rotatable bonds is 11. The van der Waals surface area contributed by atoms with Crippen LogP contribution in [0.2, 0.25) is 0 Å². The Morgan fingerprint density at radius 3 is 2.44 bits per heavy atom. The van der Waals surface area contributed by atoms with Gasteiger partial charge in [0.25, 0.3) is 0 Å². The molecule has 1 atom stereocenters. The van der Waals surface area contributed by atoms with Crippen LogP contribution in [0.3, 0.4) is 0 Å². The molecule has 0 aliphatic heterocycles. The number of aryl methyl sites for hydroxylation is 4. The first-order valence-electron chi connectivity index (χ1n) is 14.4. The van der Waals surface area contributed by atoms with Crippen LogP contribution in [-0.4, -0.2) is 32.9 Å². The maximum atomic E-state index is 12.1. The van der Waals surface area contributed by atoms with E-state index in [-0.39, 0.29) is 5.97 Å². The number of hydrogen-bond acceptors (Lipinski definition) is 4. The van der Waals surface area contributed by atoms with Crippen molar-refractivity contribution in [3.8, 4) is 16.9 Å². The van der Waals surface area contributed by atoms with Crippen molar-refractivity contribution >= 4 is 5.97 Å². The van der Waals surface area contributed by atoms with Crippen molar-refractivity contribution < 1.29 is 19.0 Å². The fraction of sp³-hybridized carbons (Fsp3) is 0.457. The molecule has 4 heteroatoms. The number of methoxy groups -OCH3 is 1. The SMILES string of the molecule is CCOCCOc1cc(C)c(-c2cccc(CCc3ccc4c(c3)CC3(CC3)C4CC(=O)OC)c2C)c(C)c1. The standard InChI is InChI=1S/C35H42O4/c1-6-38-16-17-39-29-18-23(2)34(24(3)19-29)30-9-7-8-27(25(30)4)12-10-26-11-13-31-28(20-26)22-35(14-15-35)32(31)21-33(36)37-5/h7-9,11,13,18-20,32H,6,10,12,14-17,21-22H2,1-5H3. The largest absolute Gasteiger partial charge is 0.491 e. The molecule has 0 N–H and O–H groups in total. The summed E-state index contributed by atoms with van der Waals surface area (Å²) in [6.07, 6.45) is 6.08. The Morgan fingerprint density at radius 2 is 1.74 bits per heavy atom. The van der Waals surface area contributed by atoms with E-state index < -0.39 is 0 Å². The molecule has 4 nitrogen and oxygen atoms in total. The number of fused-ring (bicyclic) bond motifs is 1. The summed E-state index contributed by atoms with van der Waals surface area (Å²) in [7, 11) is 1.50. The molecule has 0 radical (unpaired) electrons. The molecule has 3 aromatic rings. The van der Waals surface area contributed by atoms with E-state index in [9.17, 15) is 4.79 Å². The van der Waals surface area contributed by atoms with Crippen molar-refractivity contribution in [3.63, 3.8) is 0 Å². The van der Waals surface area contributed by atoms with Crippen molar-refractivity contribution in [1.82, 2.24) is 0 Å². The lowest BCUT2D eigenvalue weighted by Crippen LogP contribution is -2.14. The zero-order valence-corrected chi connectivity index (χ0v) is 24.2. The third kappa shape index (κ3) is 5.77. The third-order valence-electron chi connectivity index (χ3n) is 8.96. The Balaban J connectivity index is 1.30. The van der Waals surface area contributed by atoms with Crippen molar-refractivity contribution in [2.24, 2.45) is 5.41 Å². The van der Waals surface area contributed by atoms with E-state index in [1.165, 1.54) is 70.0 Å². The fourth-order valence-electron chi connectivity index (χ4n) is 6.70. The second kappa shape index (κ2) is 11.6. The normalized spacial score (nSPS) is 16.8. The van der Waals surface area contributed by atoms with E-state index in [4.69, 9.17) is 14.2 Å². The Kier molecular flexibility index (Phi) is 8.13. The van der Waals surface area contributed by atoms with E-state index in [0.717, 1.165) is 25.0 Å². The van der Waals surface area contributed by atoms with Crippen LogP contribution in [0.4, 0.5) is 0 Å². The predicted octanol–water partition coefficient (Wildman–Crippen LogP) is 7.46. The summed E-state index contributed by atoms with van der Waals surface area (Å²) >= 11 is 0. The van der Waals surface area contributed by atoms with Crippen LogP contribution < -0.4 is 4.74 Å². The fourth-order valence-corrected chi connectivity index (χ4v) is 6.70. The summed E-state index contributed by atoms with van der Waals surface area (Å²) < 4.78 is 16.3. The minimum absolute atomic E-state index is 0.0900. The van der Waals surface area contributed by atoms with Gasteiger partial charge < -0.3 is 14.2 Å². The highest BCUT2D eigenvalue weighted by Gasteiger charge is 2.54. The molecule has 3 aromatic carbocycles. The molecule has 2 aliphatic carbocycles. The van der Waals surface area contributed by atoms with Crippen molar-refractivity contribution in [2.75, 3.05) is 26.9 Å². The highest BCUT2D eigenvalue weighted by molar-refractivity contribution is 5.75. The average molecular weight is 527 g/mol. The van der Waals surface area contributed by atoms with Gasteiger partial charge in [-0.05, 0) is 127 Å². The third-order valence-corrected chi connectivity index (χ3v) is 8.96. The molecule has 0 amide bonds. The van der Waals surface area contributed by atoms with Gasteiger partial charge in [-0.3, -0.25) is 4.79 Å². The molecule has 0 bridgehead atoms. The lowest BCUT2D eigenvalue weighted by Gasteiger charge is -2.18. The van der Waals surface area contributed by atoms with E-state index in [1.807, 2.05) is 6.92 Å². The summed E-state index contributed by atoms with van der Waals surface area (Å²) in [6.45, 7) is 10.5. The molecule has 1 unspecified atom stereocenters. The molecular formula is C35H42O4. The van der Waals surface area contributed by atoms with Crippen LogP contribution >= 0.6 is 0 Å². The average Bonchev–Trinajstić information content (AvgIpc) is 3.63. The van der Waals surface area contributed by atoms with Gasteiger partial charge in [0.1, 0.15) is 12.4 Å². The zero-order valence-electron chi connectivity index (χ0n) is 24.2. The van der Waals surface area contributed by atoms with Crippen LogP contribution in [0.1, 0.15) is 71.0 Å². The number of hydrogen-bond donors (Lipinski definition) is 0. The van der Waals surface area contributed by atoms with Crippen LogP contribution in [0.25, 0.3) is 11.1 Å². The molecule has 1 spiro atoms. The van der Waals surface area contributed by atoms with Gasteiger partial charge in [-0.2, -0.15) is 0 Å². The molecule has 2 aliphatic rings. The van der Waals surface area contributed by atoms with Gasteiger partial charge in [-0.15, -0.1) is 0 Å². The van der Waals surface area contributed by atoms with Gasteiger partial charge in [0.2, 0.25) is 0 Å². The number of carbonyl (C=O) groups is 1. The summed E-state index contributed by atoms with van der Waals surface area (Å²) in [6, 6.07) is 18.0. The number of benzene rings is 3. The smallest absolute Gasteiger partial charge is 0.306 e. The van der Waals surface area contributed by atoms with E-state index in [1.54, 1.807) is 0 Å². The van der Waals surface area contributed by atoms with Crippen LogP contribution in [0, 0.1) is 26.2 Å². The first-order valence-corrected chi connectivity index (χ1v) is 14.4. The molecule has 0 aromatic heterocycles. The second-order valence-corrected chi connectivity index (χ2v) is 11.5. The van der Waals surface area contributed by atoms with Gasteiger partial charge in [0.15, 0.2) is 0 Å². The minimum Gasteiger partial charge on any atom is -0.491 e. The Labute approximate surface area is 233 Å². The first-order chi connectivity index (χ1) is 18.8. The van der Waals surface area contributed by atoms with E-state index in [0.29, 0.717) is 37.6 Å². The zero-order chi connectivity index (χ0) is 27.6. The van der Waals surface area contributed by atoms with Gasteiger partial charge in [-0.1, -0.05) is 36.4 Å². The monoisotopic (exact) mass is 526 g/mol. The topological polar surface area (TPSA) is 44.8 Å². The quantitative estimate of drug-likeness (QED) is 0.192. The second-order valence-electron chi connectivity index (χ2n) is 11.5. The van der Waals surface area contributed by atoms with Crippen LogP contribution in [0.5, 0.6) is 5.75 Å². The summed E-state index contributed by atoms with van der Waals surface area (Å²) in [5.41, 5.74) is 12.3. The molecular weight excluding hydrogens is 484 g/mol. The van der Waals surface area contributed by atoms with E-state index in [2.05, 4.69) is 69.3 Å². The number of esters is 1. The maximum Gasteiger partial charge on any atom is 0.306 e. The number of carbonyl (C=O) groups excluding carboxylic acids is 1. The molecule has 206 valence electrons. The summed E-state index contributed by atoms with van der Waals surface area (Å²) in [4.78, 5) is 12.1. The Bertz CT molecular complexity index is 1330. The first kappa shape index (κ1) is 27.5. The summed E-state index contributed by atoms with van der Waals surface area (Å²) in [5.74, 6) is 1.13. The van der Waals surface area contributed by atoms with Gasteiger partial charge in [0.05, 0.1) is 20.1 Å². The minimum atomic E-state index is -0.0900. The lowest BCUT2D eigenvalue weighted by molar-refractivity contribution is -0.141. The molecule has 0 heterocycles. The van der Waals surface area contributed by atoms with Crippen LogP contribution in [-0.2, 0) is 33.5 Å².